The molecule has 0 radical (unpaired) electrons. The van der Waals surface area contributed by atoms with E-state index in [9.17, 15) is 25.9 Å². The molecular formula is C45H48ClN2NaO6S2. The van der Waals surface area contributed by atoms with Crippen molar-refractivity contribution in [3.63, 3.8) is 0 Å². The van der Waals surface area contributed by atoms with Gasteiger partial charge in [-0.25, -0.2) is 16.8 Å². The number of hydrogen-bond acceptors (Lipinski definition) is 7. The summed E-state index contributed by atoms with van der Waals surface area (Å²) in [6.45, 7) is 10.0. The Kier molecular flexibility index (Phi) is 12.9. The Hall–Kier alpha value is -3.06. The van der Waals surface area contributed by atoms with Gasteiger partial charge in [0.05, 0.1) is 25.7 Å². The van der Waals surface area contributed by atoms with Crippen molar-refractivity contribution in [2.45, 2.75) is 77.0 Å². The minimum absolute atomic E-state index is 0. The van der Waals surface area contributed by atoms with Gasteiger partial charge in [-0.2, -0.15) is 4.58 Å². The first kappa shape index (κ1) is 43.5. The summed E-state index contributed by atoms with van der Waals surface area (Å²) < 4.78 is 70.4. The van der Waals surface area contributed by atoms with Crippen LogP contribution in [0.1, 0.15) is 77.3 Å². The number of hydrogen-bond donors (Lipinski definition) is 0. The normalized spacial score (nSPS) is 19.1. The van der Waals surface area contributed by atoms with Crippen molar-refractivity contribution in [2.75, 3.05) is 29.5 Å². The average Bonchev–Trinajstić information content (AvgIpc) is 3.68. The molecule has 0 saturated heterocycles. The van der Waals surface area contributed by atoms with Crippen LogP contribution in [-0.2, 0) is 31.1 Å². The van der Waals surface area contributed by atoms with Gasteiger partial charge in [0.1, 0.15) is 6.54 Å². The molecule has 0 N–H and O–H groups in total. The van der Waals surface area contributed by atoms with E-state index in [0.29, 0.717) is 38.8 Å². The number of fused-ring (bicyclic) bond motifs is 6. The number of unbranched alkanes of at least 4 members (excludes halogenated alkanes) is 2. The van der Waals surface area contributed by atoms with Crippen LogP contribution in [0.15, 0.2) is 119 Å². The Morgan fingerprint density at radius 1 is 0.719 bits per heavy atom. The topological polar surface area (TPSA) is 121 Å². The molecule has 2 heterocycles. The van der Waals surface area contributed by atoms with Crippen LogP contribution < -0.4 is 34.5 Å². The second-order valence-electron chi connectivity index (χ2n) is 16.2. The molecule has 294 valence electrons. The van der Waals surface area contributed by atoms with Crippen molar-refractivity contribution in [1.82, 2.24) is 0 Å². The number of benzene rings is 4. The fraction of sp³-hybridized carbons (Fsp3) is 0.356. The molecule has 12 heteroatoms. The summed E-state index contributed by atoms with van der Waals surface area (Å²) >= 11 is 7.18. The van der Waals surface area contributed by atoms with E-state index in [0.717, 1.165) is 62.6 Å². The molecule has 0 saturated carbocycles. The van der Waals surface area contributed by atoms with E-state index >= 15 is 0 Å². The summed E-state index contributed by atoms with van der Waals surface area (Å²) in [6, 6.07) is 25.2. The van der Waals surface area contributed by atoms with E-state index < -0.39 is 20.2 Å². The summed E-state index contributed by atoms with van der Waals surface area (Å²) in [4.78, 5) is 2.27. The molecule has 0 atom stereocenters. The van der Waals surface area contributed by atoms with Gasteiger partial charge in [-0.1, -0.05) is 92.2 Å². The molecular weight excluding hydrogens is 787 g/mol. The van der Waals surface area contributed by atoms with Gasteiger partial charge in [-0.05, 0) is 102 Å². The molecule has 3 aliphatic rings. The number of nitrogens with zero attached hydrogens (tertiary/aromatic N) is 2. The predicted molar refractivity (Wildman–Crippen MR) is 226 cm³/mol. The zero-order valence-electron chi connectivity index (χ0n) is 33.3. The number of rotatable bonds is 13. The Balaban J connectivity index is 0.00000549. The van der Waals surface area contributed by atoms with Gasteiger partial charge in [0.15, 0.2) is 5.71 Å². The van der Waals surface area contributed by atoms with Crippen LogP contribution in [0.25, 0.3) is 21.5 Å². The van der Waals surface area contributed by atoms with E-state index in [1.165, 1.54) is 21.9 Å². The first-order chi connectivity index (χ1) is 26.5. The first-order valence-corrected chi connectivity index (χ1v) is 22.8. The summed E-state index contributed by atoms with van der Waals surface area (Å²) in [6.07, 6.45) is 11.8. The fourth-order valence-corrected chi connectivity index (χ4v) is 10.4. The standard InChI is InChI=1S/C45H49ClN2O6S2.Na/c1-44(2)39(47(27-9-11-29-55(49,50)51)37-23-19-31-13-5-7-15-35(31)41(37)44)25-21-33-17-18-34(43(33)46)22-26-40-45(3,4)42-36-16-8-6-14-32(36)20-24-38(42)48(40)28-10-12-30-56(52,53)54;/h5-8,13-16,19-26H,9-12,17-18,27-30H2,1-4H3,(H-,49,50,51,52,53,54);/q;+1/p-1. The Morgan fingerprint density at radius 3 is 1.96 bits per heavy atom. The Morgan fingerprint density at radius 2 is 1.32 bits per heavy atom. The SMILES string of the molecule is CC1(C)C(/C=C/C2=C(Cl)C(=C/C=C3\N(CCCCS(=O)(=O)[O-])c4ccc5ccccc5c4C3(C)C)/CC2)=[N+](CCCCS(=O)(=O)[O-])c2ccc3ccccc3c21.[Na+]. The maximum atomic E-state index is 11.4. The van der Waals surface area contributed by atoms with Gasteiger partial charge in [-0.15, -0.1) is 0 Å². The van der Waals surface area contributed by atoms with Gasteiger partial charge in [0, 0.05) is 64.0 Å². The van der Waals surface area contributed by atoms with Crippen molar-refractivity contribution in [1.29, 1.82) is 0 Å². The summed E-state index contributed by atoms with van der Waals surface area (Å²) in [5.74, 6) is -0.756. The van der Waals surface area contributed by atoms with E-state index in [2.05, 4.69) is 122 Å². The van der Waals surface area contributed by atoms with E-state index in [-0.39, 0.29) is 51.9 Å². The number of allylic oxidation sites excluding steroid dienone is 8. The maximum absolute atomic E-state index is 11.4. The predicted octanol–water partition coefficient (Wildman–Crippen LogP) is 6.48. The maximum Gasteiger partial charge on any atom is 1.00 e. The van der Waals surface area contributed by atoms with Crippen LogP contribution in [0.3, 0.4) is 0 Å². The second-order valence-corrected chi connectivity index (χ2v) is 19.6. The monoisotopic (exact) mass is 834 g/mol. The quantitative estimate of drug-likeness (QED) is 0.0655. The fourth-order valence-electron chi connectivity index (χ4n) is 9.02. The second kappa shape index (κ2) is 16.9. The minimum Gasteiger partial charge on any atom is -0.748 e. The first-order valence-electron chi connectivity index (χ1n) is 19.3. The van der Waals surface area contributed by atoms with E-state index in [4.69, 9.17) is 11.6 Å². The van der Waals surface area contributed by atoms with Crippen LogP contribution in [0.2, 0.25) is 0 Å². The average molecular weight is 835 g/mol. The molecule has 4 aromatic rings. The van der Waals surface area contributed by atoms with Gasteiger partial charge in [0.2, 0.25) is 5.69 Å². The van der Waals surface area contributed by atoms with Crippen molar-refractivity contribution >= 4 is 70.5 Å². The molecule has 7 rings (SSSR count). The van der Waals surface area contributed by atoms with E-state index in [1.54, 1.807) is 0 Å². The molecule has 0 aromatic heterocycles. The van der Waals surface area contributed by atoms with Crippen LogP contribution in [0, 0.1) is 0 Å². The van der Waals surface area contributed by atoms with Gasteiger partial charge >= 0.3 is 29.6 Å². The Labute approximate surface area is 364 Å². The molecule has 0 unspecified atom stereocenters. The number of halogens is 1. The largest absolute Gasteiger partial charge is 1.00 e. The molecule has 0 bridgehead atoms. The van der Waals surface area contributed by atoms with Crippen LogP contribution in [0.4, 0.5) is 11.4 Å². The summed E-state index contributed by atoms with van der Waals surface area (Å²) in [5.41, 5.74) is 8.14. The van der Waals surface area contributed by atoms with Crippen molar-refractivity contribution in [3.05, 3.63) is 130 Å². The zero-order valence-corrected chi connectivity index (χ0v) is 37.7. The Bertz CT molecular complexity index is 2620. The molecule has 4 aromatic carbocycles. The zero-order chi connectivity index (χ0) is 40.0. The van der Waals surface area contributed by atoms with Crippen LogP contribution in [-0.4, -0.2) is 60.8 Å². The molecule has 0 fully saturated rings. The number of anilines is 1. The van der Waals surface area contributed by atoms with Crippen molar-refractivity contribution < 1.29 is 60.1 Å². The van der Waals surface area contributed by atoms with Crippen molar-refractivity contribution in [2.24, 2.45) is 0 Å². The summed E-state index contributed by atoms with van der Waals surface area (Å²) in [5, 5.41) is 5.38. The molecule has 0 amide bonds. The van der Waals surface area contributed by atoms with Gasteiger partial charge < -0.3 is 14.0 Å². The molecule has 2 aliphatic heterocycles. The molecule has 8 nitrogen and oxygen atoms in total. The molecule has 1 aliphatic carbocycles. The minimum atomic E-state index is -4.28. The molecule has 57 heavy (non-hydrogen) atoms. The van der Waals surface area contributed by atoms with Crippen molar-refractivity contribution in [3.8, 4) is 0 Å². The van der Waals surface area contributed by atoms with Gasteiger partial charge in [0.25, 0.3) is 0 Å². The molecule has 0 spiro atoms. The van der Waals surface area contributed by atoms with Crippen LogP contribution >= 0.6 is 11.6 Å². The third-order valence-electron chi connectivity index (χ3n) is 11.7. The van der Waals surface area contributed by atoms with Crippen LogP contribution in [0.5, 0.6) is 0 Å². The van der Waals surface area contributed by atoms with E-state index in [1.807, 2.05) is 12.1 Å². The summed E-state index contributed by atoms with van der Waals surface area (Å²) in [7, 11) is -8.57. The third-order valence-corrected chi connectivity index (χ3v) is 13.7. The smallest absolute Gasteiger partial charge is 0.748 e. The third kappa shape index (κ3) is 8.94. The van der Waals surface area contributed by atoms with Gasteiger partial charge in [-0.3, -0.25) is 0 Å².